The van der Waals surface area contributed by atoms with Gasteiger partial charge in [-0.05, 0) is 37.3 Å². The fourth-order valence-electron chi connectivity index (χ4n) is 3.45. The third-order valence-corrected chi connectivity index (χ3v) is 4.78. The largest absolute Gasteiger partial charge is 0.354 e. The highest BCUT2D eigenvalue weighted by atomic mass is 16.1. The van der Waals surface area contributed by atoms with Crippen LogP contribution in [0.2, 0.25) is 0 Å². The van der Waals surface area contributed by atoms with Crippen molar-refractivity contribution >= 4 is 5.91 Å². The molecule has 0 saturated heterocycles. The van der Waals surface area contributed by atoms with Gasteiger partial charge in [0.25, 0.3) is 5.91 Å². The van der Waals surface area contributed by atoms with E-state index in [1.807, 2.05) is 22.9 Å². The Hall–Kier alpha value is -2.14. The Kier molecular flexibility index (Phi) is 5.53. The SMILES string of the molecule is CNC(=O)c1nn(Cc2ccccc2)c2c1C[C@H](NCC(C)C)CC2. The van der Waals surface area contributed by atoms with Crippen LogP contribution in [0.4, 0.5) is 0 Å². The third kappa shape index (κ3) is 4.10. The van der Waals surface area contributed by atoms with Crippen LogP contribution in [0.1, 0.15) is 47.6 Å². The molecule has 1 aliphatic carbocycles. The molecule has 1 amide bonds. The molecule has 1 atom stereocenters. The predicted octanol–water partition coefficient (Wildman–Crippen LogP) is 2.39. The Bertz CT molecular complexity index is 721. The van der Waals surface area contributed by atoms with Gasteiger partial charge in [0, 0.05) is 24.3 Å². The normalized spacial score (nSPS) is 16.7. The Balaban J connectivity index is 1.86. The van der Waals surface area contributed by atoms with E-state index in [0.717, 1.165) is 31.4 Å². The van der Waals surface area contributed by atoms with Gasteiger partial charge < -0.3 is 10.6 Å². The van der Waals surface area contributed by atoms with Crippen LogP contribution in [0.15, 0.2) is 30.3 Å². The minimum atomic E-state index is -0.0902. The molecule has 2 aromatic rings. The van der Waals surface area contributed by atoms with Gasteiger partial charge in [-0.2, -0.15) is 5.10 Å². The lowest BCUT2D eigenvalue weighted by Crippen LogP contribution is -2.37. The summed E-state index contributed by atoms with van der Waals surface area (Å²) in [6.45, 7) is 6.15. The van der Waals surface area contributed by atoms with E-state index in [4.69, 9.17) is 0 Å². The zero-order valence-corrected chi connectivity index (χ0v) is 15.4. The van der Waals surface area contributed by atoms with Gasteiger partial charge in [0.15, 0.2) is 5.69 Å². The smallest absolute Gasteiger partial charge is 0.271 e. The highest BCUT2D eigenvalue weighted by Gasteiger charge is 2.28. The van der Waals surface area contributed by atoms with E-state index in [0.29, 0.717) is 24.2 Å². The lowest BCUT2D eigenvalue weighted by Gasteiger charge is -2.25. The summed E-state index contributed by atoms with van der Waals surface area (Å²) in [4.78, 5) is 12.3. The molecule has 0 spiro atoms. The number of amides is 1. The van der Waals surface area contributed by atoms with E-state index < -0.39 is 0 Å². The predicted molar refractivity (Wildman–Crippen MR) is 99.8 cm³/mol. The second-order valence-corrected chi connectivity index (χ2v) is 7.24. The first-order valence-electron chi connectivity index (χ1n) is 9.16. The lowest BCUT2D eigenvalue weighted by atomic mass is 9.91. The van der Waals surface area contributed by atoms with Crippen LogP contribution >= 0.6 is 0 Å². The molecule has 1 aromatic heterocycles. The van der Waals surface area contributed by atoms with Gasteiger partial charge in [-0.25, -0.2) is 0 Å². The van der Waals surface area contributed by atoms with Crippen LogP contribution in [0, 0.1) is 5.92 Å². The van der Waals surface area contributed by atoms with Crippen LogP contribution in [0.5, 0.6) is 0 Å². The fourth-order valence-corrected chi connectivity index (χ4v) is 3.45. The summed E-state index contributed by atoms with van der Waals surface area (Å²) in [5.41, 5.74) is 4.12. The number of rotatable bonds is 6. The van der Waals surface area contributed by atoms with Crippen molar-refractivity contribution in [2.45, 2.75) is 45.7 Å². The summed E-state index contributed by atoms with van der Waals surface area (Å²) in [7, 11) is 1.67. The Morgan fingerprint density at radius 2 is 2.08 bits per heavy atom. The molecule has 1 heterocycles. The average Bonchev–Trinajstić information content (AvgIpc) is 2.98. The summed E-state index contributed by atoms with van der Waals surface area (Å²) in [5.74, 6) is 0.535. The van der Waals surface area contributed by atoms with E-state index in [-0.39, 0.29) is 5.91 Å². The Morgan fingerprint density at radius 3 is 2.76 bits per heavy atom. The number of carbonyl (C=O) groups excluding carboxylic acids is 1. The molecule has 25 heavy (non-hydrogen) atoms. The number of aromatic nitrogens is 2. The monoisotopic (exact) mass is 340 g/mol. The Morgan fingerprint density at radius 1 is 1.32 bits per heavy atom. The van der Waals surface area contributed by atoms with Crippen molar-refractivity contribution in [1.29, 1.82) is 0 Å². The van der Waals surface area contributed by atoms with Gasteiger partial charge >= 0.3 is 0 Å². The summed E-state index contributed by atoms with van der Waals surface area (Å²) >= 11 is 0. The quantitative estimate of drug-likeness (QED) is 0.849. The Labute approximate surface area is 149 Å². The second-order valence-electron chi connectivity index (χ2n) is 7.24. The molecule has 3 rings (SSSR count). The zero-order valence-electron chi connectivity index (χ0n) is 15.4. The van der Waals surface area contributed by atoms with E-state index in [9.17, 15) is 4.79 Å². The number of fused-ring (bicyclic) bond motifs is 1. The molecule has 0 bridgehead atoms. The van der Waals surface area contributed by atoms with Crippen molar-refractivity contribution in [3.63, 3.8) is 0 Å². The molecule has 1 aliphatic rings. The molecule has 1 aromatic carbocycles. The zero-order chi connectivity index (χ0) is 17.8. The molecule has 2 N–H and O–H groups in total. The van der Waals surface area contributed by atoms with Crippen molar-refractivity contribution < 1.29 is 4.79 Å². The maximum Gasteiger partial charge on any atom is 0.271 e. The number of hydrogen-bond acceptors (Lipinski definition) is 3. The van der Waals surface area contributed by atoms with Crippen LogP contribution in [0.3, 0.4) is 0 Å². The maximum absolute atomic E-state index is 12.3. The molecule has 0 saturated carbocycles. The first kappa shape index (κ1) is 17.7. The molecule has 0 unspecified atom stereocenters. The van der Waals surface area contributed by atoms with Crippen molar-refractivity contribution in [3.8, 4) is 0 Å². The molecule has 5 heteroatoms. The molecular formula is C20H28N4O. The maximum atomic E-state index is 12.3. The van der Waals surface area contributed by atoms with Crippen molar-refractivity contribution in [2.75, 3.05) is 13.6 Å². The van der Waals surface area contributed by atoms with Crippen LogP contribution in [-0.2, 0) is 19.4 Å². The molecule has 134 valence electrons. The summed E-state index contributed by atoms with van der Waals surface area (Å²) in [5, 5.41) is 11.0. The van der Waals surface area contributed by atoms with Crippen LogP contribution < -0.4 is 10.6 Å². The second kappa shape index (κ2) is 7.83. The lowest BCUT2D eigenvalue weighted by molar-refractivity contribution is 0.0956. The van der Waals surface area contributed by atoms with E-state index >= 15 is 0 Å². The molecule has 5 nitrogen and oxygen atoms in total. The first-order valence-corrected chi connectivity index (χ1v) is 9.16. The molecule has 0 fully saturated rings. The number of hydrogen-bond donors (Lipinski definition) is 2. The highest BCUT2D eigenvalue weighted by Crippen LogP contribution is 2.26. The van der Waals surface area contributed by atoms with Gasteiger partial charge in [0.1, 0.15) is 0 Å². The van der Waals surface area contributed by atoms with Crippen LogP contribution in [0.25, 0.3) is 0 Å². The third-order valence-electron chi connectivity index (χ3n) is 4.78. The van der Waals surface area contributed by atoms with E-state index in [2.05, 4.69) is 41.7 Å². The van der Waals surface area contributed by atoms with E-state index in [1.165, 1.54) is 11.3 Å². The van der Waals surface area contributed by atoms with Gasteiger partial charge in [-0.15, -0.1) is 0 Å². The number of carbonyl (C=O) groups is 1. The summed E-state index contributed by atoms with van der Waals surface area (Å²) in [6, 6.07) is 10.7. The number of benzene rings is 1. The molecular weight excluding hydrogens is 312 g/mol. The standard InChI is InChI=1S/C20H28N4O/c1-14(2)12-22-16-9-10-18-17(11-16)19(20(25)21-3)23-24(18)13-15-7-5-4-6-8-15/h4-8,14,16,22H,9-13H2,1-3H3,(H,21,25)/t16-/m1/s1. The van der Waals surface area contributed by atoms with Crippen LogP contribution in [-0.4, -0.2) is 35.3 Å². The van der Waals surface area contributed by atoms with Gasteiger partial charge in [0.2, 0.25) is 0 Å². The number of nitrogens with zero attached hydrogens (tertiary/aromatic N) is 2. The molecule has 0 aliphatic heterocycles. The summed E-state index contributed by atoms with van der Waals surface area (Å²) in [6.07, 6.45) is 2.93. The summed E-state index contributed by atoms with van der Waals surface area (Å²) < 4.78 is 2.02. The topological polar surface area (TPSA) is 59.0 Å². The van der Waals surface area contributed by atoms with Crippen molar-refractivity contribution in [3.05, 3.63) is 52.8 Å². The first-order chi connectivity index (χ1) is 12.1. The molecule has 0 radical (unpaired) electrons. The fraction of sp³-hybridized carbons (Fsp3) is 0.500. The van der Waals surface area contributed by atoms with Crippen molar-refractivity contribution in [1.82, 2.24) is 20.4 Å². The van der Waals surface area contributed by atoms with Crippen molar-refractivity contribution in [2.24, 2.45) is 5.92 Å². The minimum absolute atomic E-state index is 0.0902. The van der Waals surface area contributed by atoms with Gasteiger partial charge in [-0.1, -0.05) is 44.2 Å². The van der Waals surface area contributed by atoms with Gasteiger partial charge in [-0.3, -0.25) is 9.48 Å². The number of nitrogens with one attached hydrogen (secondary N) is 2. The average molecular weight is 340 g/mol. The van der Waals surface area contributed by atoms with Gasteiger partial charge in [0.05, 0.1) is 6.54 Å². The minimum Gasteiger partial charge on any atom is -0.354 e. The highest BCUT2D eigenvalue weighted by molar-refractivity contribution is 5.93. The van der Waals surface area contributed by atoms with E-state index in [1.54, 1.807) is 7.05 Å².